The number of aromatic carboxylic acids is 1. The van der Waals surface area contributed by atoms with Gasteiger partial charge in [-0.25, -0.2) is 4.79 Å². The molecule has 2 aliphatic rings. The van der Waals surface area contributed by atoms with Crippen LogP contribution in [0.15, 0.2) is 17.6 Å². The molecule has 1 saturated heterocycles. The highest BCUT2D eigenvalue weighted by Crippen LogP contribution is 2.44. The van der Waals surface area contributed by atoms with Crippen LogP contribution < -0.4 is 0 Å². The molecular weight excluding hydrogens is 314 g/mol. The number of hydrogen-bond donors (Lipinski definition) is 2. The maximum absolute atomic E-state index is 11.2. The Balaban J connectivity index is 1.46. The summed E-state index contributed by atoms with van der Waals surface area (Å²) >= 11 is 1.81. The Morgan fingerprint density at radius 3 is 3.09 bits per heavy atom. The Kier molecular flexibility index (Phi) is 3.71. The Morgan fingerprint density at radius 2 is 2.30 bits per heavy atom. The van der Waals surface area contributed by atoms with Crippen LogP contribution >= 0.6 is 11.3 Å². The number of carbonyl (C=O) groups is 1. The minimum absolute atomic E-state index is 0.121. The summed E-state index contributed by atoms with van der Waals surface area (Å²) in [5, 5.41) is 17.7. The summed E-state index contributed by atoms with van der Waals surface area (Å²) in [6.45, 7) is 3.23. The van der Waals surface area contributed by atoms with Crippen LogP contribution in [0.5, 0.6) is 0 Å². The second-order valence-corrected chi connectivity index (χ2v) is 7.14. The van der Waals surface area contributed by atoms with Gasteiger partial charge >= 0.3 is 5.97 Å². The third kappa shape index (κ3) is 2.58. The lowest BCUT2D eigenvalue weighted by molar-refractivity contribution is -0.0961. The van der Waals surface area contributed by atoms with Gasteiger partial charge in [0.2, 0.25) is 0 Å². The number of fused-ring (bicyclic) bond motifs is 2. The molecule has 2 aliphatic heterocycles. The van der Waals surface area contributed by atoms with E-state index in [2.05, 4.69) is 26.5 Å². The van der Waals surface area contributed by atoms with Gasteiger partial charge in [-0.2, -0.15) is 5.10 Å². The summed E-state index contributed by atoms with van der Waals surface area (Å²) in [4.78, 5) is 14.9. The molecule has 0 aliphatic carbocycles. The van der Waals surface area contributed by atoms with E-state index in [0.717, 1.165) is 44.5 Å². The molecule has 23 heavy (non-hydrogen) atoms. The minimum Gasteiger partial charge on any atom is -0.477 e. The van der Waals surface area contributed by atoms with Crippen LogP contribution in [0, 0.1) is 0 Å². The Hall–Kier alpha value is -1.70. The summed E-state index contributed by atoms with van der Waals surface area (Å²) in [6, 6.07) is 2.22. The van der Waals surface area contributed by atoms with Crippen molar-refractivity contribution in [1.82, 2.24) is 15.1 Å². The SMILES string of the molecule is O=C(O)c1[nH]ncc1CN1CCC2(CC1)OCCc1ccsc12. The van der Waals surface area contributed by atoms with Crippen molar-refractivity contribution in [3.63, 3.8) is 0 Å². The van der Waals surface area contributed by atoms with Crippen LogP contribution in [0.1, 0.15) is 39.3 Å². The van der Waals surface area contributed by atoms with Crippen molar-refractivity contribution in [2.75, 3.05) is 19.7 Å². The van der Waals surface area contributed by atoms with Crippen molar-refractivity contribution < 1.29 is 14.6 Å². The number of carboxylic acids is 1. The normalized spacial score (nSPS) is 20.5. The van der Waals surface area contributed by atoms with Gasteiger partial charge in [0.1, 0.15) is 11.3 Å². The predicted octanol–water partition coefficient (Wildman–Crippen LogP) is 2.23. The van der Waals surface area contributed by atoms with Crippen molar-refractivity contribution in [1.29, 1.82) is 0 Å². The molecule has 0 atom stereocenters. The van der Waals surface area contributed by atoms with E-state index in [0.29, 0.717) is 6.54 Å². The highest BCUT2D eigenvalue weighted by atomic mass is 32.1. The molecule has 1 fully saturated rings. The number of hydrogen-bond acceptors (Lipinski definition) is 5. The second kappa shape index (κ2) is 5.74. The van der Waals surface area contributed by atoms with Crippen molar-refractivity contribution >= 4 is 17.3 Å². The van der Waals surface area contributed by atoms with E-state index in [4.69, 9.17) is 9.84 Å². The quantitative estimate of drug-likeness (QED) is 0.900. The van der Waals surface area contributed by atoms with Gasteiger partial charge in [-0.05, 0) is 36.3 Å². The lowest BCUT2D eigenvalue weighted by Crippen LogP contribution is -2.45. The van der Waals surface area contributed by atoms with Crippen molar-refractivity contribution in [2.45, 2.75) is 31.4 Å². The lowest BCUT2D eigenvalue weighted by atomic mass is 9.85. The van der Waals surface area contributed by atoms with Crippen LogP contribution in [0.25, 0.3) is 0 Å². The number of H-pyrrole nitrogens is 1. The molecule has 6 nitrogen and oxygen atoms in total. The highest BCUT2D eigenvalue weighted by Gasteiger charge is 2.41. The zero-order chi connectivity index (χ0) is 15.9. The Bertz CT molecular complexity index is 716. The first kappa shape index (κ1) is 14.9. The fourth-order valence-electron chi connectivity index (χ4n) is 3.66. The van der Waals surface area contributed by atoms with E-state index >= 15 is 0 Å². The van der Waals surface area contributed by atoms with Crippen LogP contribution in [-0.2, 0) is 23.3 Å². The van der Waals surface area contributed by atoms with Gasteiger partial charge in [-0.3, -0.25) is 10.00 Å². The van der Waals surface area contributed by atoms with E-state index in [1.807, 2.05) is 11.3 Å². The molecule has 4 rings (SSSR count). The second-order valence-electron chi connectivity index (χ2n) is 6.22. The number of piperidine rings is 1. The van der Waals surface area contributed by atoms with E-state index in [1.54, 1.807) is 6.20 Å². The van der Waals surface area contributed by atoms with E-state index < -0.39 is 5.97 Å². The summed E-state index contributed by atoms with van der Waals surface area (Å²) in [6.07, 6.45) is 4.55. The summed E-state index contributed by atoms with van der Waals surface area (Å²) in [7, 11) is 0. The largest absolute Gasteiger partial charge is 0.477 e. The molecule has 2 aromatic heterocycles. The molecular formula is C16H19N3O3S. The molecule has 0 radical (unpaired) electrons. The number of likely N-dealkylation sites (tertiary alicyclic amines) is 1. The van der Waals surface area contributed by atoms with Gasteiger partial charge in [-0.15, -0.1) is 11.3 Å². The molecule has 0 saturated carbocycles. The molecule has 2 aromatic rings. The van der Waals surface area contributed by atoms with Crippen LogP contribution in [0.4, 0.5) is 0 Å². The summed E-state index contributed by atoms with van der Waals surface area (Å²) < 4.78 is 6.21. The molecule has 7 heteroatoms. The number of aromatic nitrogens is 2. The predicted molar refractivity (Wildman–Crippen MR) is 85.7 cm³/mol. The maximum atomic E-state index is 11.2. The van der Waals surface area contributed by atoms with Crippen molar-refractivity contribution in [3.8, 4) is 0 Å². The number of ether oxygens (including phenoxy) is 1. The molecule has 0 amide bonds. The topological polar surface area (TPSA) is 78.4 Å². The maximum Gasteiger partial charge on any atom is 0.354 e. The first-order chi connectivity index (χ1) is 11.2. The fraction of sp³-hybridized carbons (Fsp3) is 0.500. The van der Waals surface area contributed by atoms with Crippen LogP contribution in [-0.4, -0.2) is 45.9 Å². The number of nitrogens with zero attached hydrogens (tertiary/aromatic N) is 2. The first-order valence-corrected chi connectivity index (χ1v) is 8.75. The van der Waals surface area contributed by atoms with Gasteiger partial charge in [0.25, 0.3) is 0 Å². The average molecular weight is 333 g/mol. The number of aromatic amines is 1. The van der Waals surface area contributed by atoms with Crippen molar-refractivity contribution in [3.05, 3.63) is 39.3 Å². The molecule has 2 N–H and O–H groups in total. The number of rotatable bonds is 3. The fourth-order valence-corrected chi connectivity index (χ4v) is 4.82. The lowest BCUT2D eigenvalue weighted by Gasteiger charge is -2.43. The van der Waals surface area contributed by atoms with Gasteiger partial charge in [0, 0.05) is 30.1 Å². The molecule has 0 bridgehead atoms. The van der Waals surface area contributed by atoms with Gasteiger partial charge in [0.05, 0.1) is 12.8 Å². The number of carboxylic acid groups (broad SMARTS) is 1. The summed E-state index contributed by atoms with van der Waals surface area (Å²) in [5.41, 5.74) is 2.26. The number of nitrogens with one attached hydrogen (secondary N) is 1. The average Bonchev–Trinajstić information content (AvgIpc) is 3.19. The van der Waals surface area contributed by atoms with Gasteiger partial charge < -0.3 is 9.84 Å². The first-order valence-electron chi connectivity index (χ1n) is 7.87. The molecule has 0 unspecified atom stereocenters. The highest BCUT2D eigenvalue weighted by molar-refractivity contribution is 7.10. The Labute approximate surface area is 138 Å². The van der Waals surface area contributed by atoms with E-state index in [-0.39, 0.29) is 11.3 Å². The van der Waals surface area contributed by atoms with Crippen LogP contribution in [0.2, 0.25) is 0 Å². The van der Waals surface area contributed by atoms with E-state index in [9.17, 15) is 4.79 Å². The monoisotopic (exact) mass is 333 g/mol. The molecule has 1 spiro atoms. The minimum atomic E-state index is -0.954. The van der Waals surface area contributed by atoms with Crippen molar-refractivity contribution in [2.24, 2.45) is 0 Å². The van der Waals surface area contributed by atoms with Gasteiger partial charge in [0.15, 0.2) is 0 Å². The van der Waals surface area contributed by atoms with E-state index in [1.165, 1.54) is 10.4 Å². The Morgan fingerprint density at radius 1 is 1.48 bits per heavy atom. The standard InChI is InChI=1S/C16H19N3O3S/c20-15(21)13-12(9-17-18-13)10-19-5-3-16(4-6-19)14-11(1-7-22-16)2-8-23-14/h2,8-9H,1,3-7,10H2,(H,17,18)(H,20,21). The summed E-state index contributed by atoms with van der Waals surface area (Å²) in [5.74, 6) is -0.954. The zero-order valence-electron chi connectivity index (χ0n) is 12.7. The molecule has 122 valence electrons. The van der Waals surface area contributed by atoms with Gasteiger partial charge in [-0.1, -0.05) is 0 Å². The van der Waals surface area contributed by atoms with Crippen LogP contribution in [0.3, 0.4) is 0 Å². The third-order valence-corrected chi connectivity index (χ3v) is 6.04. The number of thiophene rings is 1. The smallest absolute Gasteiger partial charge is 0.354 e. The third-order valence-electron chi connectivity index (χ3n) is 4.90. The molecule has 0 aromatic carbocycles. The zero-order valence-corrected chi connectivity index (χ0v) is 13.6. The molecule has 4 heterocycles.